The quantitative estimate of drug-likeness (QED) is 0.515. The second-order valence-electron chi connectivity index (χ2n) is 6.08. The average molecular weight is 354 g/mol. The number of hydrogen-bond acceptors (Lipinski definition) is 2. The first-order chi connectivity index (χ1) is 11.7. The van der Waals surface area contributed by atoms with Crippen LogP contribution in [0.2, 0.25) is 0 Å². The number of hydrogen-bond donors (Lipinski definition) is 0. The van der Waals surface area contributed by atoms with Gasteiger partial charge in [0.25, 0.3) is 0 Å². The molecule has 0 spiro atoms. The predicted octanol–water partition coefficient (Wildman–Crippen LogP) is 5.36. The molecule has 0 bridgehead atoms. The Bertz CT molecular complexity index is 721. The second-order valence-corrected chi connectivity index (χ2v) is 6.08. The Balaban J connectivity index is 2.08. The molecule has 2 aromatic rings. The van der Waals surface area contributed by atoms with Crippen LogP contribution in [0.4, 0.5) is 17.6 Å². The maximum Gasteiger partial charge on any atom is 0.419 e. The van der Waals surface area contributed by atoms with Crippen LogP contribution < -0.4 is 4.74 Å². The molecule has 0 amide bonds. The molecule has 2 aromatic carbocycles. The molecule has 0 saturated heterocycles. The van der Waals surface area contributed by atoms with Crippen molar-refractivity contribution in [2.45, 2.75) is 32.5 Å². The van der Waals surface area contributed by atoms with Crippen LogP contribution in [0, 0.1) is 11.7 Å². The zero-order valence-electron chi connectivity index (χ0n) is 13.8. The van der Waals surface area contributed by atoms with Crippen molar-refractivity contribution in [3.63, 3.8) is 0 Å². The third-order valence-electron chi connectivity index (χ3n) is 3.87. The van der Waals surface area contributed by atoms with Crippen LogP contribution in [0.3, 0.4) is 0 Å². The molecule has 0 fully saturated rings. The lowest BCUT2D eigenvalue weighted by Gasteiger charge is -2.15. The van der Waals surface area contributed by atoms with Crippen LogP contribution in [0.1, 0.15) is 36.5 Å². The molecule has 0 aromatic heterocycles. The number of carbonyl (C=O) groups is 1. The summed E-state index contributed by atoms with van der Waals surface area (Å²) in [5.74, 6) is -0.922. The highest BCUT2D eigenvalue weighted by Gasteiger charge is 2.34. The van der Waals surface area contributed by atoms with Gasteiger partial charge in [-0.05, 0) is 41.3 Å². The summed E-state index contributed by atoms with van der Waals surface area (Å²) in [5.41, 5.74) is -0.251. The van der Waals surface area contributed by atoms with Crippen LogP contribution in [0.5, 0.6) is 5.75 Å². The summed E-state index contributed by atoms with van der Waals surface area (Å²) in [6.07, 6.45) is -3.86. The van der Waals surface area contributed by atoms with Gasteiger partial charge in [0.15, 0.2) is 0 Å². The lowest BCUT2D eigenvalue weighted by Crippen LogP contribution is -2.09. The summed E-state index contributed by atoms with van der Waals surface area (Å²) in [7, 11) is 0. The fraction of sp³-hybridized carbons (Fsp3) is 0.316. The molecule has 134 valence electrons. The van der Waals surface area contributed by atoms with E-state index in [-0.39, 0.29) is 24.0 Å². The van der Waals surface area contributed by atoms with Gasteiger partial charge in [-0.2, -0.15) is 13.2 Å². The average Bonchev–Trinajstić information content (AvgIpc) is 2.54. The lowest BCUT2D eigenvalue weighted by molar-refractivity contribution is -0.140. The number of rotatable bonds is 6. The zero-order chi connectivity index (χ0) is 18.6. The normalized spacial score (nSPS) is 12.9. The smallest absolute Gasteiger partial charge is 0.419 e. The number of carbonyl (C=O) groups excluding carboxylic acids is 1. The van der Waals surface area contributed by atoms with Gasteiger partial charge >= 0.3 is 6.18 Å². The summed E-state index contributed by atoms with van der Waals surface area (Å²) in [6.45, 7) is 3.76. The molecule has 0 aliphatic carbocycles. The number of ether oxygens (including phenoxy) is 1. The van der Waals surface area contributed by atoms with Crippen molar-refractivity contribution in [1.29, 1.82) is 0 Å². The molecular formula is C19H18F4O2. The van der Waals surface area contributed by atoms with E-state index in [1.165, 1.54) is 6.07 Å². The maximum absolute atomic E-state index is 13.3. The standard InChI is InChI=1S/C19H18F4O2/c1-12(2)16(10-24)14-4-6-15(7-5-14)25-11-13-3-8-18(20)17(9-13)19(21,22)23/h3-10,12,16H,11H2,1-2H3. The zero-order valence-corrected chi connectivity index (χ0v) is 13.8. The van der Waals surface area contributed by atoms with E-state index in [9.17, 15) is 22.4 Å². The van der Waals surface area contributed by atoms with Crippen molar-refractivity contribution in [3.8, 4) is 5.75 Å². The van der Waals surface area contributed by atoms with Crippen LogP contribution in [0.25, 0.3) is 0 Å². The molecule has 0 aliphatic rings. The fourth-order valence-corrected chi connectivity index (χ4v) is 2.45. The fourth-order valence-electron chi connectivity index (χ4n) is 2.45. The van der Waals surface area contributed by atoms with E-state index in [2.05, 4.69) is 0 Å². The summed E-state index contributed by atoms with van der Waals surface area (Å²) >= 11 is 0. The van der Waals surface area contributed by atoms with Crippen molar-refractivity contribution in [1.82, 2.24) is 0 Å². The van der Waals surface area contributed by atoms with Crippen molar-refractivity contribution in [2.24, 2.45) is 5.92 Å². The van der Waals surface area contributed by atoms with Gasteiger partial charge in [0.2, 0.25) is 0 Å². The van der Waals surface area contributed by atoms with E-state index in [1.54, 1.807) is 24.3 Å². The van der Waals surface area contributed by atoms with Crippen LogP contribution in [-0.4, -0.2) is 6.29 Å². The molecule has 0 radical (unpaired) electrons. The molecule has 0 heterocycles. The molecule has 0 aliphatic heterocycles. The minimum Gasteiger partial charge on any atom is -0.489 e. The molecule has 6 heteroatoms. The summed E-state index contributed by atoms with van der Waals surface area (Å²) < 4.78 is 56.8. The largest absolute Gasteiger partial charge is 0.489 e. The topological polar surface area (TPSA) is 26.3 Å². The van der Waals surface area contributed by atoms with E-state index < -0.39 is 17.6 Å². The number of aldehydes is 1. The Morgan fingerprint density at radius 1 is 1.08 bits per heavy atom. The van der Waals surface area contributed by atoms with Gasteiger partial charge in [-0.1, -0.05) is 32.0 Å². The van der Waals surface area contributed by atoms with E-state index in [4.69, 9.17) is 4.74 Å². The van der Waals surface area contributed by atoms with Gasteiger partial charge in [-0.15, -0.1) is 0 Å². The highest BCUT2D eigenvalue weighted by Crippen LogP contribution is 2.32. The first-order valence-electron chi connectivity index (χ1n) is 7.76. The van der Waals surface area contributed by atoms with Crippen molar-refractivity contribution >= 4 is 6.29 Å². The Morgan fingerprint density at radius 2 is 1.72 bits per heavy atom. The third-order valence-corrected chi connectivity index (χ3v) is 3.87. The molecular weight excluding hydrogens is 336 g/mol. The van der Waals surface area contributed by atoms with Gasteiger partial charge < -0.3 is 9.53 Å². The number of benzene rings is 2. The Kier molecular flexibility index (Phi) is 5.82. The van der Waals surface area contributed by atoms with Crippen LogP contribution in [-0.2, 0) is 17.6 Å². The monoisotopic (exact) mass is 354 g/mol. The first kappa shape index (κ1) is 19.0. The number of alkyl halides is 3. The SMILES string of the molecule is CC(C)C(C=O)c1ccc(OCc2ccc(F)c(C(F)(F)F)c2)cc1. The summed E-state index contributed by atoms with van der Waals surface area (Å²) in [4.78, 5) is 11.1. The van der Waals surface area contributed by atoms with E-state index in [0.717, 1.165) is 24.0 Å². The van der Waals surface area contributed by atoms with E-state index in [0.29, 0.717) is 5.75 Å². The highest BCUT2D eigenvalue weighted by molar-refractivity contribution is 5.62. The molecule has 1 atom stereocenters. The Morgan fingerprint density at radius 3 is 2.24 bits per heavy atom. The minimum absolute atomic E-state index is 0.121. The first-order valence-corrected chi connectivity index (χ1v) is 7.76. The molecule has 2 rings (SSSR count). The van der Waals surface area contributed by atoms with Crippen LogP contribution >= 0.6 is 0 Å². The Hall–Kier alpha value is -2.37. The second kappa shape index (κ2) is 7.68. The van der Waals surface area contributed by atoms with Gasteiger partial charge in [0.1, 0.15) is 24.5 Å². The number of halogens is 4. The molecule has 0 saturated carbocycles. The molecule has 2 nitrogen and oxygen atoms in total. The lowest BCUT2D eigenvalue weighted by atomic mass is 9.90. The van der Waals surface area contributed by atoms with E-state index in [1.807, 2.05) is 13.8 Å². The van der Waals surface area contributed by atoms with Gasteiger partial charge in [-0.3, -0.25) is 0 Å². The van der Waals surface area contributed by atoms with Gasteiger partial charge in [0.05, 0.1) is 5.56 Å². The molecule has 0 N–H and O–H groups in total. The third kappa shape index (κ3) is 4.81. The molecule has 25 heavy (non-hydrogen) atoms. The van der Waals surface area contributed by atoms with E-state index >= 15 is 0 Å². The Labute approximate surface area is 143 Å². The van der Waals surface area contributed by atoms with Crippen LogP contribution in [0.15, 0.2) is 42.5 Å². The maximum atomic E-state index is 13.3. The van der Waals surface area contributed by atoms with Crippen molar-refractivity contribution in [3.05, 3.63) is 65.0 Å². The van der Waals surface area contributed by atoms with Gasteiger partial charge in [-0.25, -0.2) is 4.39 Å². The summed E-state index contributed by atoms with van der Waals surface area (Å²) in [5, 5.41) is 0. The minimum atomic E-state index is -4.75. The van der Waals surface area contributed by atoms with Crippen molar-refractivity contribution < 1.29 is 27.1 Å². The summed E-state index contributed by atoms with van der Waals surface area (Å²) in [6, 6.07) is 9.58. The highest BCUT2D eigenvalue weighted by atomic mass is 19.4. The molecule has 1 unspecified atom stereocenters. The predicted molar refractivity (Wildman–Crippen MR) is 85.8 cm³/mol. The van der Waals surface area contributed by atoms with Crippen molar-refractivity contribution in [2.75, 3.05) is 0 Å². The van der Waals surface area contributed by atoms with Gasteiger partial charge in [0, 0.05) is 5.92 Å².